The van der Waals surface area contributed by atoms with Crippen molar-refractivity contribution in [1.29, 1.82) is 5.41 Å². The molecule has 0 aliphatic heterocycles. The van der Waals surface area contributed by atoms with Gasteiger partial charge >= 0.3 is 0 Å². The molecule has 0 bridgehead atoms. The molecule has 6 N–H and O–H groups in total. The number of nitrogens with two attached hydrogens (primary N) is 1. The number of rotatable bonds is 10. The highest BCUT2D eigenvalue weighted by Crippen LogP contribution is 2.11. The fourth-order valence-corrected chi connectivity index (χ4v) is 2.73. The quantitative estimate of drug-likeness (QED) is 0.234. The molecule has 1 atom stereocenters. The van der Waals surface area contributed by atoms with E-state index in [-0.39, 0.29) is 24.2 Å². The first-order chi connectivity index (χ1) is 14.4. The molecule has 0 saturated heterocycles. The Bertz CT molecular complexity index is 892. The number of hydrogen-bond donors (Lipinski definition) is 5. The molecule has 7 heteroatoms. The number of benzene rings is 2. The van der Waals surface area contributed by atoms with E-state index < -0.39 is 6.04 Å². The first-order valence-electron chi connectivity index (χ1n) is 9.80. The number of allylic oxidation sites excluding steroid dienone is 1. The van der Waals surface area contributed by atoms with Gasteiger partial charge in [0.1, 0.15) is 11.9 Å². The topological polar surface area (TPSA) is 120 Å². The average molecular weight is 408 g/mol. The SMILES string of the molecule is C/C(=C\CNCC(=O)NC(C)C(=O)NCc1ccc(C(=N)N)cc1)c1ccccc1. The lowest BCUT2D eigenvalue weighted by molar-refractivity contribution is -0.128. The predicted octanol–water partition coefficient (Wildman–Crippen LogP) is 1.78. The van der Waals surface area contributed by atoms with Crippen molar-refractivity contribution in [2.75, 3.05) is 13.1 Å². The van der Waals surface area contributed by atoms with Crippen molar-refractivity contribution in [3.8, 4) is 0 Å². The van der Waals surface area contributed by atoms with Crippen molar-refractivity contribution in [2.45, 2.75) is 26.4 Å². The monoisotopic (exact) mass is 407 g/mol. The predicted molar refractivity (Wildman–Crippen MR) is 120 cm³/mol. The third kappa shape index (κ3) is 7.52. The van der Waals surface area contributed by atoms with E-state index in [9.17, 15) is 9.59 Å². The third-order valence-corrected chi connectivity index (χ3v) is 4.57. The van der Waals surface area contributed by atoms with Crippen LogP contribution >= 0.6 is 0 Å². The summed E-state index contributed by atoms with van der Waals surface area (Å²) in [5, 5.41) is 15.9. The van der Waals surface area contributed by atoms with Crippen LogP contribution in [-0.2, 0) is 16.1 Å². The van der Waals surface area contributed by atoms with Crippen molar-refractivity contribution >= 4 is 23.2 Å². The van der Waals surface area contributed by atoms with Crippen LogP contribution in [0, 0.1) is 5.41 Å². The van der Waals surface area contributed by atoms with Gasteiger partial charge in [-0.05, 0) is 30.5 Å². The van der Waals surface area contributed by atoms with Crippen LogP contribution in [0.4, 0.5) is 0 Å². The Morgan fingerprint density at radius 2 is 1.73 bits per heavy atom. The highest BCUT2D eigenvalue weighted by Gasteiger charge is 2.14. The molecule has 0 aliphatic rings. The van der Waals surface area contributed by atoms with E-state index in [2.05, 4.69) is 16.0 Å². The second-order valence-electron chi connectivity index (χ2n) is 7.00. The largest absolute Gasteiger partial charge is 0.384 e. The maximum Gasteiger partial charge on any atom is 0.242 e. The number of carbonyl (C=O) groups excluding carboxylic acids is 2. The molecule has 0 saturated carbocycles. The molecule has 0 radical (unpaired) electrons. The van der Waals surface area contributed by atoms with Crippen LogP contribution in [0.25, 0.3) is 5.57 Å². The van der Waals surface area contributed by atoms with Gasteiger partial charge in [-0.2, -0.15) is 0 Å². The van der Waals surface area contributed by atoms with Crippen LogP contribution in [0.3, 0.4) is 0 Å². The fraction of sp³-hybridized carbons (Fsp3) is 0.261. The molecular weight excluding hydrogens is 378 g/mol. The summed E-state index contributed by atoms with van der Waals surface area (Å²) in [6, 6.07) is 16.4. The highest BCUT2D eigenvalue weighted by atomic mass is 16.2. The summed E-state index contributed by atoms with van der Waals surface area (Å²) in [4.78, 5) is 24.2. The highest BCUT2D eigenvalue weighted by molar-refractivity contribution is 5.94. The van der Waals surface area contributed by atoms with Crippen molar-refractivity contribution < 1.29 is 9.59 Å². The van der Waals surface area contributed by atoms with Gasteiger partial charge < -0.3 is 21.7 Å². The zero-order chi connectivity index (χ0) is 21.9. The van der Waals surface area contributed by atoms with E-state index in [1.165, 1.54) is 0 Å². The number of carbonyl (C=O) groups is 2. The molecule has 0 spiro atoms. The van der Waals surface area contributed by atoms with Gasteiger partial charge in [0, 0.05) is 18.7 Å². The van der Waals surface area contributed by atoms with Gasteiger partial charge in [0.15, 0.2) is 0 Å². The average Bonchev–Trinajstić information content (AvgIpc) is 2.75. The first kappa shape index (κ1) is 22.8. The number of amides is 2. The fourth-order valence-electron chi connectivity index (χ4n) is 2.73. The van der Waals surface area contributed by atoms with E-state index in [4.69, 9.17) is 11.1 Å². The summed E-state index contributed by atoms with van der Waals surface area (Å²) in [5.41, 5.74) is 9.21. The van der Waals surface area contributed by atoms with Crippen molar-refractivity contribution in [3.05, 3.63) is 77.4 Å². The molecule has 2 aromatic carbocycles. The minimum atomic E-state index is -0.641. The Balaban J connectivity index is 1.69. The molecule has 30 heavy (non-hydrogen) atoms. The maximum absolute atomic E-state index is 12.2. The van der Waals surface area contributed by atoms with Gasteiger partial charge in [-0.1, -0.05) is 60.7 Å². The van der Waals surface area contributed by atoms with Gasteiger partial charge in [-0.15, -0.1) is 0 Å². The minimum Gasteiger partial charge on any atom is -0.384 e. The summed E-state index contributed by atoms with van der Waals surface area (Å²) >= 11 is 0. The molecular formula is C23H29N5O2. The van der Waals surface area contributed by atoms with Crippen LogP contribution in [0.5, 0.6) is 0 Å². The summed E-state index contributed by atoms with van der Waals surface area (Å²) in [6.07, 6.45) is 2.02. The lowest BCUT2D eigenvalue weighted by Crippen LogP contribution is -2.47. The minimum absolute atomic E-state index is 0.00115. The molecule has 0 aromatic heterocycles. The lowest BCUT2D eigenvalue weighted by Gasteiger charge is -2.14. The van der Waals surface area contributed by atoms with Gasteiger partial charge in [0.25, 0.3) is 0 Å². The normalized spacial score (nSPS) is 12.1. The molecule has 158 valence electrons. The Labute approximate surface area is 177 Å². The van der Waals surface area contributed by atoms with E-state index in [0.717, 1.165) is 16.7 Å². The Morgan fingerprint density at radius 1 is 1.07 bits per heavy atom. The maximum atomic E-state index is 12.2. The molecule has 0 heterocycles. The van der Waals surface area contributed by atoms with E-state index >= 15 is 0 Å². The number of hydrogen-bond acceptors (Lipinski definition) is 4. The second-order valence-corrected chi connectivity index (χ2v) is 7.00. The Kier molecular flexibility index (Phi) is 8.77. The first-order valence-corrected chi connectivity index (χ1v) is 9.80. The Morgan fingerprint density at radius 3 is 2.37 bits per heavy atom. The van der Waals surface area contributed by atoms with Crippen molar-refractivity contribution in [1.82, 2.24) is 16.0 Å². The van der Waals surface area contributed by atoms with Crippen LogP contribution in [0.15, 0.2) is 60.7 Å². The van der Waals surface area contributed by atoms with E-state index in [0.29, 0.717) is 18.7 Å². The summed E-state index contributed by atoms with van der Waals surface area (Å²) in [6.45, 7) is 4.69. The lowest BCUT2D eigenvalue weighted by atomic mass is 10.1. The third-order valence-electron chi connectivity index (χ3n) is 4.57. The summed E-state index contributed by atoms with van der Waals surface area (Å²) in [5.74, 6) is -0.505. The Hall–Kier alpha value is -3.45. The van der Waals surface area contributed by atoms with Crippen molar-refractivity contribution in [3.63, 3.8) is 0 Å². The molecule has 0 fully saturated rings. The number of amidine groups is 1. The van der Waals surface area contributed by atoms with E-state index in [1.54, 1.807) is 31.2 Å². The van der Waals surface area contributed by atoms with Crippen LogP contribution in [0.1, 0.15) is 30.5 Å². The molecule has 2 amide bonds. The standard InChI is InChI=1S/C23H29N5O2/c1-16(19-6-4-3-5-7-19)12-13-26-15-21(29)28-17(2)23(30)27-14-18-8-10-20(11-9-18)22(24)25/h3-12,17,26H,13-15H2,1-2H3,(H3,24,25)(H,27,30)(H,28,29)/b16-12+. The van der Waals surface area contributed by atoms with Gasteiger partial charge in [0.05, 0.1) is 6.54 Å². The van der Waals surface area contributed by atoms with Crippen LogP contribution in [0.2, 0.25) is 0 Å². The molecule has 2 rings (SSSR count). The van der Waals surface area contributed by atoms with Crippen molar-refractivity contribution in [2.24, 2.45) is 5.73 Å². The van der Waals surface area contributed by atoms with Crippen LogP contribution < -0.4 is 21.7 Å². The summed E-state index contributed by atoms with van der Waals surface area (Å²) < 4.78 is 0. The van der Waals surface area contributed by atoms with Crippen LogP contribution in [-0.4, -0.2) is 36.8 Å². The van der Waals surface area contributed by atoms with E-state index in [1.807, 2.05) is 43.3 Å². The van der Waals surface area contributed by atoms with Gasteiger partial charge in [0.2, 0.25) is 11.8 Å². The second kappa shape index (κ2) is 11.5. The smallest absolute Gasteiger partial charge is 0.242 e. The molecule has 0 aliphatic carbocycles. The van der Waals surface area contributed by atoms with Gasteiger partial charge in [-0.25, -0.2) is 0 Å². The number of nitrogens with one attached hydrogen (secondary N) is 4. The zero-order valence-electron chi connectivity index (χ0n) is 17.4. The van der Waals surface area contributed by atoms with Gasteiger partial charge in [-0.3, -0.25) is 15.0 Å². The molecule has 1 unspecified atom stereocenters. The molecule has 7 nitrogen and oxygen atoms in total. The summed E-state index contributed by atoms with van der Waals surface area (Å²) in [7, 11) is 0. The molecule has 2 aromatic rings. The number of nitrogen functional groups attached to an aromatic ring is 1. The zero-order valence-corrected chi connectivity index (χ0v) is 17.4.